The third kappa shape index (κ3) is 3.79. The number of carbonyl (C=O) groups is 2. The van der Waals surface area contributed by atoms with Crippen molar-refractivity contribution in [2.45, 2.75) is 36.7 Å². The molecule has 1 saturated carbocycles. The predicted molar refractivity (Wildman–Crippen MR) is 74.7 cm³/mol. The first-order chi connectivity index (χ1) is 9.60. The van der Waals surface area contributed by atoms with Crippen molar-refractivity contribution in [2.24, 2.45) is 5.92 Å². The summed E-state index contributed by atoms with van der Waals surface area (Å²) >= 11 is 1.76. The van der Waals surface area contributed by atoms with Gasteiger partial charge in [-0.2, -0.15) is 11.8 Å². The molecule has 0 saturated heterocycles. The number of esters is 1. The van der Waals surface area contributed by atoms with E-state index in [4.69, 9.17) is 9.52 Å². The summed E-state index contributed by atoms with van der Waals surface area (Å²) in [6.07, 6.45) is 3.34. The van der Waals surface area contributed by atoms with Crippen LogP contribution in [0.3, 0.4) is 0 Å². The fourth-order valence-corrected chi connectivity index (χ4v) is 3.50. The number of ether oxygens (including phenoxy) is 1. The Morgan fingerprint density at radius 1 is 1.35 bits per heavy atom. The van der Waals surface area contributed by atoms with Crippen LogP contribution in [0.1, 0.15) is 42.0 Å². The SMILES string of the molecule is COC(=O)c1ccc(CSC2CCC(C(=O)O)CC2)o1. The fraction of sp³-hybridized carbons (Fsp3) is 0.571. The van der Waals surface area contributed by atoms with Gasteiger partial charge in [0.25, 0.3) is 0 Å². The summed E-state index contributed by atoms with van der Waals surface area (Å²) < 4.78 is 9.98. The van der Waals surface area contributed by atoms with E-state index in [2.05, 4.69) is 4.74 Å². The van der Waals surface area contributed by atoms with E-state index in [9.17, 15) is 9.59 Å². The second-order valence-corrected chi connectivity index (χ2v) is 6.17. The second kappa shape index (κ2) is 6.83. The van der Waals surface area contributed by atoms with Gasteiger partial charge >= 0.3 is 11.9 Å². The Morgan fingerprint density at radius 2 is 2.05 bits per heavy atom. The first-order valence-corrected chi connectivity index (χ1v) is 7.66. The molecule has 0 spiro atoms. The topological polar surface area (TPSA) is 76.7 Å². The van der Waals surface area contributed by atoms with Gasteiger partial charge in [0.15, 0.2) is 0 Å². The van der Waals surface area contributed by atoms with Gasteiger partial charge in [0, 0.05) is 5.25 Å². The molecule has 0 aromatic carbocycles. The van der Waals surface area contributed by atoms with E-state index in [1.165, 1.54) is 7.11 Å². The molecule has 1 N–H and O–H groups in total. The number of rotatable bonds is 5. The molecule has 5 nitrogen and oxygen atoms in total. The molecule has 0 aliphatic heterocycles. The Morgan fingerprint density at radius 3 is 2.65 bits per heavy atom. The van der Waals surface area contributed by atoms with Crippen molar-refractivity contribution in [1.82, 2.24) is 0 Å². The van der Waals surface area contributed by atoms with Gasteiger partial charge in [-0.3, -0.25) is 4.79 Å². The van der Waals surface area contributed by atoms with Gasteiger partial charge < -0.3 is 14.3 Å². The number of carboxylic acids is 1. The third-order valence-electron chi connectivity index (χ3n) is 3.53. The van der Waals surface area contributed by atoms with E-state index in [0.29, 0.717) is 11.0 Å². The van der Waals surface area contributed by atoms with Crippen molar-refractivity contribution in [1.29, 1.82) is 0 Å². The summed E-state index contributed by atoms with van der Waals surface area (Å²) in [4.78, 5) is 22.1. The van der Waals surface area contributed by atoms with Gasteiger partial charge in [0.2, 0.25) is 5.76 Å². The van der Waals surface area contributed by atoms with Crippen molar-refractivity contribution in [3.05, 3.63) is 23.7 Å². The molecule has 6 heteroatoms. The van der Waals surface area contributed by atoms with E-state index >= 15 is 0 Å². The Balaban J connectivity index is 1.77. The molecule has 1 aromatic rings. The summed E-state index contributed by atoms with van der Waals surface area (Å²) in [6, 6.07) is 3.39. The highest BCUT2D eigenvalue weighted by atomic mass is 32.2. The van der Waals surface area contributed by atoms with Gasteiger partial charge in [-0.25, -0.2) is 4.79 Å². The van der Waals surface area contributed by atoms with Gasteiger partial charge in [-0.15, -0.1) is 0 Å². The van der Waals surface area contributed by atoms with Crippen LogP contribution in [0.15, 0.2) is 16.5 Å². The van der Waals surface area contributed by atoms with E-state index < -0.39 is 11.9 Å². The lowest BCUT2D eigenvalue weighted by atomic mass is 9.89. The summed E-state index contributed by atoms with van der Waals surface area (Å²) in [5.74, 6) is 0.333. The van der Waals surface area contributed by atoms with Crippen molar-refractivity contribution < 1.29 is 23.8 Å². The van der Waals surface area contributed by atoms with E-state index in [1.807, 2.05) is 0 Å². The first-order valence-electron chi connectivity index (χ1n) is 6.61. The van der Waals surface area contributed by atoms with Gasteiger partial charge in [0.1, 0.15) is 5.76 Å². The molecule has 20 heavy (non-hydrogen) atoms. The summed E-state index contributed by atoms with van der Waals surface area (Å²) in [7, 11) is 1.32. The van der Waals surface area contributed by atoms with Crippen LogP contribution in [0.2, 0.25) is 0 Å². The molecule has 1 aliphatic rings. The largest absolute Gasteiger partial charge is 0.481 e. The van der Waals surface area contributed by atoms with Crippen LogP contribution in [0.25, 0.3) is 0 Å². The molecule has 0 unspecified atom stereocenters. The Labute approximate surface area is 121 Å². The van der Waals surface area contributed by atoms with Crippen LogP contribution in [-0.2, 0) is 15.3 Å². The number of aliphatic carboxylic acids is 1. The lowest BCUT2D eigenvalue weighted by molar-refractivity contribution is -0.142. The Kier molecular flexibility index (Phi) is 5.11. The van der Waals surface area contributed by atoms with Crippen LogP contribution in [-0.4, -0.2) is 29.4 Å². The maximum atomic E-state index is 11.3. The number of carbonyl (C=O) groups excluding carboxylic acids is 1. The van der Waals surface area contributed by atoms with E-state index in [-0.39, 0.29) is 11.7 Å². The Hall–Kier alpha value is -1.43. The molecule has 0 amide bonds. The number of carboxylic acid groups (broad SMARTS) is 1. The van der Waals surface area contributed by atoms with Crippen molar-refractivity contribution >= 4 is 23.7 Å². The number of furan rings is 1. The molecule has 0 bridgehead atoms. The number of methoxy groups -OCH3 is 1. The standard InChI is InChI=1S/C14H18O5S/c1-18-14(17)12-7-4-10(19-12)8-20-11-5-2-9(3-6-11)13(15)16/h4,7,9,11H,2-3,5-6,8H2,1H3,(H,15,16). The van der Waals surface area contributed by atoms with E-state index in [1.54, 1.807) is 23.9 Å². The monoisotopic (exact) mass is 298 g/mol. The second-order valence-electron chi connectivity index (χ2n) is 4.88. The highest BCUT2D eigenvalue weighted by molar-refractivity contribution is 7.99. The predicted octanol–water partition coefficient (Wildman–Crippen LogP) is 2.94. The zero-order valence-electron chi connectivity index (χ0n) is 11.3. The van der Waals surface area contributed by atoms with Crippen LogP contribution in [0.5, 0.6) is 0 Å². The van der Waals surface area contributed by atoms with Crippen molar-refractivity contribution in [3.8, 4) is 0 Å². The minimum absolute atomic E-state index is 0.179. The minimum atomic E-state index is -0.679. The quantitative estimate of drug-likeness (QED) is 0.842. The fourth-order valence-electron chi connectivity index (χ4n) is 2.34. The molecule has 110 valence electrons. The molecule has 1 aromatic heterocycles. The van der Waals surface area contributed by atoms with Gasteiger partial charge in [-0.1, -0.05) is 0 Å². The van der Waals surface area contributed by atoms with Crippen LogP contribution >= 0.6 is 11.8 Å². The lowest BCUT2D eigenvalue weighted by Gasteiger charge is -2.25. The van der Waals surface area contributed by atoms with Gasteiger partial charge in [-0.05, 0) is 37.8 Å². The average molecular weight is 298 g/mol. The highest BCUT2D eigenvalue weighted by Gasteiger charge is 2.26. The summed E-state index contributed by atoms with van der Waals surface area (Å²) in [5, 5.41) is 9.41. The Bertz CT molecular complexity index is 474. The summed E-state index contributed by atoms with van der Waals surface area (Å²) in [6.45, 7) is 0. The average Bonchev–Trinajstić information content (AvgIpc) is 2.93. The van der Waals surface area contributed by atoms with Crippen LogP contribution < -0.4 is 0 Å². The molecule has 1 fully saturated rings. The third-order valence-corrected chi connectivity index (χ3v) is 4.93. The normalized spacial score (nSPS) is 22.4. The molecule has 1 heterocycles. The smallest absolute Gasteiger partial charge is 0.373 e. The molecular formula is C14H18O5S. The lowest BCUT2D eigenvalue weighted by Crippen LogP contribution is -2.22. The zero-order chi connectivity index (χ0) is 14.5. The van der Waals surface area contributed by atoms with Gasteiger partial charge in [0.05, 0.1) is 18.8 Å². The summed E-state index contributed by atoms with van der Waals surface area (Å²) in [5.41, 5.74) is 0. The number of hydrogen-bond donors (Lipinski definition) is 1. The van der Waals surface area contributed by atoms with E-state index in [0.717, 1.165) is 31.4 Å². The minimum Gasteiger partial charge on any atom is -0.481 e. The maximum Gasteiger partial charge on any atom is 0.373 e. The molecule has 1 aliphatic carbocycles. The van der Waals surface area contributed by atoms with Crippen molar-refractivity contribution in [3.63, 3.8) is 0 Å². The molecule has 0 radical (unpaired) electrons. The molecular weight excluding hydrogens is 280 g/mol. The maximum absolute atomic E-state index is 11.3. The number of hydrogen-bond acceptors (Lipinski definition) is 5. The molecule has 0 atom stereocenters. The molecule has 2 rings (SSSR count). The first kappa shape index (κ1) is 15.0. The number of thioether (sulfide) groups is 1. The van der Waals surface area contributed by atoms with Crippen LogP contribution in [0, 0.1) is 5.92 Å². The zero-order valence-corrected chi connectivity index (χ0v) is 12.1. The van der Waals surface area contributed by atoms with Crippen molar-refractivity contribution in [2.75, 3.05) is 7.11 Å². The van der Waals surface area contributed by atoms with Crippen LogP contribution in [0.4, 0.5) is 0 Å². The highest BCUT2D eigenvalue weighted by Crippen LogP contribution is 2.33.